The molecule has 0 radical (unpaired) electrons. The van der Waals surface area contributed by atoms with Gasteiger partial charge in [0.15, 0.2) is 0 Å². The SMILES string of the molecule is C(=C1/CCCN=C1c1cccnc1)/c1cccn1-c1ccccc1. The second kappa shape index (κ2) is 6.67. The van der Waals surface area contributed by atoms with E-state index in [4.69, 9.17) is 4.99 Å². The third-order valence-corrected chi connectivity index (χ3v) is 4.25. The molecule has 0 fully saturated rings. The molecule has 0 N–H and O–H groups in total. The Labute approximate surface area is 142 Å². The molecule has 1 aliphatic rings. The molecule has 0 aliphatic carbocycles. The molecule has 0 amide bonds. The summed E-state index contributed by atoms with van der Waals surface area (Å²) in [4.78, 5) is 9.01. The quantitative estimate of drug-likeness (QED) is 0.698. The Kier molecular flexibility index (Phi) is 4.07. The van der Waals surface area contributed by atoms with E-state index in [1.165, 1.54) is 17.0 Å². The first-order valence-electron chi connectivity index (χ1n) is 8.30. The minimum Gasteiger partial charge on any atom is -0.317 e. The second-order valence-corrected chi connectivity index (χ2v) is 5.88. The number of hydrogen-bond donors (Lipinski definition) is 0. The number of nitrogens with zero attached hydrogens (tertiary/aromatic N) is 3. The molecule has 0 saturated heterocycles. The molecule has 3 heterocycles. The maximum Gasteiger partial charge on any atom is 0.0694 e. The fraction of sp³-hybridized carbons (Fsp3) is 0.143. The first-order valence-corrected chi connectivity index (χ1v) is 8.30. The number of allylic oxidation sites excluding steroid dienone is 1. The van der Waals surface area contributed by atoms with Gasteiger partial charge < -0.3 is 4.57 Å². The van der Waals surface area contributed by atoms with Crippen LogP contribution in [0.15, 0.2) is 83.8 Å². The van der Waals surface area contributed by atoms with E-state index >= 15 is 0 Å². The van der Waals surface area contributed by atoms with Gasteiger partial charge in [0, 0.05) is 42.1 Å². The lowest BCUT2D eigenvalue weighted by atomic mass is 9.96. The van der Waals surface area contributed by atoms with Crippen molar-refractivity contribution < 1.29 is 0 Å². The summed E-state index contributed by atoms with van der Waals surface area (Å²) in [5.74, 6) is 0. The average molecular weight is 313 g/mol. The summed E-state index contributed by atoms with van der Waals surface area (Å²) in [6.45, 7) is 0.890. The van der Waals surface area contributed by atoms with E-state index < -0.39 is 0 Å². The molecule has 0 spiro atoms. The van der Waals surface area contributed by atoms with E-state index in [1.54, 1.807) is 6.20 Å². The molecule has 0 atom stereocenters. The van der Waals surface area contributed by atoms with Gasteiger partial charge in [0.25, 0.3) is 0 Å². The molecule has 118 valence electrons. The van der Waals surface area contributed by atoms with E-state index in [2.05, 4.69) is 64.3 Å². The molecule has 0 saturated carbocycles. The summed E-state index contributed by atoms with van der Waals surface area (Å²) in [7, 11) is 0. The van der Waals surface area contributed by atoms with Crippen molar-refractivity contribution in [2.24, 2.45) is 4.99 Å². The van der Waals surface area contributed by atoms with Crippen LogP contribution in [0.2, 0.25) is 0 Å². The van der Waals surface area contributed by atoms with Gasteiger partial charge in [-0.3, -0.25) is 9.98 Å². The lowest BCUT2D eigenvalue weighted by Gasteiger charge is -2.17. The van der Waals surface area contributed by atoms with Crippen LogP contribution in [0.3, 0.4) is 0 Å². The lowest BCUT2D eigenvalue weighted by Crippen LogP contribution is -2.12. The monoisotopic (exact) mass is 313 g/mol. The van der Waals surface area contributed by atoms with Crippen molar-refractivity contribution in [2.45, 2.75) is 12.8 Å². The summed E-state index contributed by atoms with van der Waals surface area (Å²) in [6, 6.07) is 18.7. The molecule has 1 aromatic carbocycles. The zero-order valence-electron chi connectivity index (χ0n) is 13.5. The van der Waals surface area contributed by atoms with Crippen LogP contribution in [-0.4, -0.2) is 21.8 Å². The van der Waals surface area contributed by atoms with Crippen LogP contribution in [0.25, 0.3) is 11.8 Å². The van der Waals surface area contributed by atoms with Crippen LogP contribution in [0.4, 0.5) is 0 Å². The number of pyridine rings is 1. The molecule has 3 heteroatoms. The smallest absolute Gasteiger partial charge is 0.0694 e. The van der Waals surface area contributed by atoms with Gasteiger partial charge in [-0.15, -0.1) is 0 Å². The number of rotatable bonds is 3. The highest BCUT2D eigenvalue weighted by atomic mass is 15.0. The van der Waals surface area contributed by atoms with E-state index in [9.17, 15) is 0 Å². The van der Waals surface area contributed by atoms with Crippen molar-refractivity contribution in [1.82, 2.24) is 9.55 Å². The highest BCUT2D eigenvalue weighted by molar-refractivity contribution is 6.15. The van der Waals surface area contributed by atoms with E-state index in [0.717, 1.165) is 30.7 Å². The third-order valence-electron chi connectivity index (χ3n) is 4.25. The van der Waals surface area contributed by atoms with Gasteiger partial charge in [0.2, 0.25) is 0 Å². The molecule has 1 aliphatic heterocycles. The Balaban J connectivity index is 1.75. The van der Waals surface area contributed by atoms with Crippen LogP contribution in [0, 0.1) is 0 Å². The Morgan fingerprint density at radius 1 is 0.958 bits per heavy atom. The van der Waals surface area contributed by atoms with Crippen molar-refractivity contribution in [3.63, 3.8) is 0 Å². The molecule has 0 unspecified atom stereocenters. The van der Waals surface area contributed by atoms with Gasteiger partial charge in [-0.2, -0.15) is 0 Å². The number of benzene rings is 1. The largest absolute Gasteiger partial charge is 0.317 e. The fourth-order valence-electron chi connectivity index (χ4n) is 3.11. The van der Waals surface area contributed by atoms with Crippen molar-refractivity contribution in [1.29, 1.82) is 0 Å². The van der Waals surface area contributed by atoms with Crippen molar-refractivity contribution in [3.8, 4) is 5.69 Å². The maximum absolute atomic E-state index is 4.76. The number of aromatic nitrogens is 2. The van der Waals surface area contributed by atoms with Gasteiger partial charge in [-0.05, 0) is 60.9 Å². The molecule has 4 rings (SSSR count). The fourth-order valence-corrected chi connectivity index (χ4v) is 3.11. The number of aliphatic imine (C=N–C) groups is 1. The van der Waals surface area contributed by atoms with E-state index in [-0.39, 0.29) is 0 Å². The second-order valence-electron chi connectivity index (χ2n) is 5.88. The van der Waals surface area contributed by atoms with Crippen LogP contribution in [-0.2, 0) is 0 Å². The van der Waals surface area contributed by atoms with Crippen LogP contribution in [0.1, 0.15) is 24.1 Å². The Morgan fingerprint density at radius 3 is 2.71 bits per heavy atom. The topological polar surface area (TPSA) is 30.2 Å². The zero-order valence-corrected chi connectivity index (χ0v) is 13.5. The predicted octanol–water partition coefficient (Wildman–Crippen LogP) is 4.54. The standard InChI is InChI=1S/C21H19N3/c1-2-9-19(10-3-1)24-14-6-11-20(24)15-17-7-5-13-23-21(17)18-8-4-12-22-16-18/h1-4,6,8-12,14-16H,5,7,13H2/b17-15+. The predicted molar refractivity (Wildman–Crippen MR) is 98.6 cm³/mol. The minimum atomic E-state index is 0.890. The zero-order chi connectivity index (χ0) is 16.2. The molecule has 3 nitrogen and oxygen atoms in total. The summed E-state index contributed by atoms with van der Waals surface area (Å²) in [5, 5.41) is 0. The van der Waals surface area contributed by atoms with Crippen LogP contribution < -0.4 is 0 Å². The Morgan fingerprint density at radius 2 is 1.88 bits per heavy atom. The van der Waals surface area contributed by atoms with Gasteiger partial charge in [0.1, 0.15) is 0 Å². The van der Waals surface area contributed by atoms with Gasteiger partial charge in [0.05, 0.1) is 5.71 Å². The third kappa shape index (κ3) is 2.93. The van der Waals surface area contributed by atoms with Gasteiger partial charge in [-0.1, -0.05) is 18.2 Å². The van der Waals surface area contributed by atoms with E-state index in [0.29, 0.717) is 0 Å². The van der Waals surface area contributed by atoms with Crippen LogP contribution in [0.5, 0.6) is 0 Å². The normalized spacial score (nSPS) is 16.2. The van der Waals surface area contributed by atoms with E-state index in [1.807, 2.05) is 18.3 Å². The Bertz CT molecular complexity index is 874. The molecular weight excluding hydrogens is 294 g/mol. The Hall–Kier alpha value is -2.94. The highest BCUT2D eigenvalue weighted by Gasteiger charge is 2.15. The van der Waals surface area contributed by atoms with Crippen molar-refractivity contribution in [3.05, 3.63) is 90.0 Å². The molecule has 2 aromatic heterocycles. The summed E-state index contributed by atoms with van der Waals surface area (Å²) in [5.41, 5.74) is 5.81. The minimum absolute atomic E-state index is 0.890. The van der Waals surface area contributed by atoms with Crippen LogP contribution >= 0.6 is 0 Å². The van der Waals surface area contributed by atoms with Crippen molar-refractivity contribution in [2.75, 3.05) is 6.54 Å². The summed E-state index contributed by atoms with van der Waals surface area (Å²) < 4.78 is 2.21. The first kappa shape index (κ1) is 14.6. The molecule has 0 bridgehead atoms. The molecular formula is C21H19N3. The first-order chi connectivity index (χ1) is 11.9. The maximum atomic E-state index is 4.76. The number of para-hydroxylation sites is 1. The molecule has 3 aromatic rings. The number of hydrogen-bond acceptors (Lipinski definition) is 2. The van der Waals surface area contributed by atoms with Gasteiger partial charge >= 0.3 is 0 Å². The highest BCUT2D eigenvalue weighted by Crippen LogP contribution is 2.23. The van der Waals surface area contributed by atoms with Crippen molar-refractivity contribution >= 4 is 11.8 Å². The lowest BCUT2D eigenvalue weighted by molar-refractivity contribution is 0.817. The summed E-state index contributed by atoms with van der Waals surface area (Å²) >= 11 is 0. The molecule has 24 heavy (non-hydrogen) atoms. The van der Waals surface area contributed by atoms with Gasteiger partial charge in [-0.25, -0.2) is 0 Å². The average Bonchev–Trinajstić information content (AvgIpc) is 3.12. The summed E-state index contributed by atoms with van der Waals surface area (Å²) in [6.07, 6.45) is 10.2.